The van der Waals surface area contributed by atoms with Crippen molar-refractivity contribution in [2.45, 2.75) is 37.3 Å². The number of hydrogen-bond donors (Lipinski definition) is 4. The number of para-hydroxylation sites is 1. The first kappa shape index (κ1) is 29.7. The topological polar surface area (TPSA) is 139 Å². The standard InChI is InChI=1S/C34H39N7O2/c35-34(36)37-20-9-16-31-33(43)41(23-28(24-10-3-1-4-11-24)25-12-5-2-6-13-25)21-19-27(39-31)22-38-32(42)30-18-17-26-14-7-8-15-29(26)40-30/h1-8,10-15,17-18,27-28,31,39H,9,16,19-23H2,(H,38,42)(H4,35,36,37). The molecule has 1 saturated heterocycles. The molecular formula is C34H39N7O2. The van der Waals surface area contributed by atoms with E-state index in [2.05, 4.69) is 44.9 Å². The fourth-order valence-corrected chi connectivity index (χ4v) is 5.63. The van der Waals surface area contributed by atoms with Crippen LogP contribution in [-0.4, -0.2) is 65.9 Å². The van der Waals surface area contributed by atoms with Crippen molar-refractivity contribution >= 4 is 28.7 Å². The van der Waals surface area contributed by atoms with Crippen LogP contribution >= 0.6 is 0 Å². The molecular weight excluding hydrogens is 538 g/mol. The number of nitrogens with one attached hydrogen (secondary N) is 2. The summed E-state index contributed by atoms with van der Waals surface area (Å²) >= 11 is 0. The van der Waals surface area contributed by atoms with E-state index < -0.39 is 6.04 Å². The second-order valence-corrected chi connectivity index (χ2v) is 10.9. The zero-order valence-electron chi connectivity index (χ0n) is 24.2. The molecule has 5 rings (SSSR count). The number of carbonyl (C=O) groups is 2. The van der Waals surface area contributed by atoms with Crippen LogP contribution in [0.1, 0.15) is 46.8 Å². The Morgan fingerprint density at radius 2 is 1.63 bits per heavy atom. The number of nitrogens with zero attached hydrogens (tertiary/aromatic N) is 3. The lowest BCUT2D eigenvalue weighted by Gasteiger charge is -2.29. The van der Waals surface area contributed by atoms with Gasteiger partial charge in [0.05, 0.1) is 11.6 Å². The van der Waals surface area contributed by atoms with Gasteiger partial charge in [-0.15, -0.1) is 0 Å². The monoisotopic (exact) mass is 577 g/mol. The van der Waals surface area contributed by atoms with Gasteiger partial charge in [0, 0.05) is 43.5 Å². The zero-order valence-corrected chi connectivity index (χ0v) is 24.2. The van der Waals surface area contributed by atoms with Crippen molar-refractivity contribution in [2.75, 3.05) is 26.2 Å². The summed E-state index contributed by atoms with van der Waals surface area (Å²) in [5.74, 6) is -0.119. The molecule has 2 heterocycles. The van der Waals surface area contributed by atoms with E-state index in [4.69, 9.17) is 11.5 Å². The van der Waals surface area contributed by atoms with Gasteiger partial charge in [0.1, 0.15) is 5.69 Å². The first-order valence-electron chi connectivity index (χ1n) is 14.8. The van der Waals surface area contributed by atoms with Crippen LogP contribution in [0.4, 0.5) is 0 Å². The molecule has 1 fully saturated rings. The highest BCUT2D eigenvalue weighted by molar-refractivity contribution is 5.94. The van der Waals surface area contributed by atoms with Gasteiger partial charge in [-0.3, -0.25) is 14.6 Å². The lowest BCUT2D eigenvalue weighted by molar-refractivity contribution is -0.133. The Morgan fingerprint density at radius 3 is 2.33 bits per heavy atom. The summed E-state index contributed by atoms with van der Waals surface area (Å²) in [6, 6.07) is 31.4. The first-order valence-corrected chi connectivity index (χ1v) is 14.8. The highest BCUT2D eigenvalue weighted by atomic mass is 16.2. The van der Waals surface area contributed by atoms with Gasteiger partial charge < -0.3 is 27.0 Å². The second kappa shape index (κ2) is 14.4. The van der Waals surface area contributed by atoms with Crippen molar-refractivity contribution in [3.05, 3.63) is 114 Å². The maximum absolute atomic E-state index is 14.0. The van der Waals surface area contributed by atoms with Gasteiger partial charge in [0.2, 0.25) is 5.91 Å². The van der Waals surface area contributed by atoms with Crippen LogP contribution in [0.2, 0.25) is 0 Å². The molecule has 6 N–H and O–H groups in total. The van der Waals surface area contributed by atoms with Crippen LogP contribution in [0.3, 0.4) is 0 Å². The molecule has 4 aromatic rings. The molecule has 2 atom stereocenters. The summed E-state index contributed by atoms with van der Waals surface area (Å²) in [7, 11) is 0. The van der Waals surface area contributed by atoms with E-state index >= 15 is 0 Å². The van der Waals surface area contributed by atoms with Crippen LogP contribution in [0.25, 0.3) is 10.9 Å². The Morgan fingerprint density at radius 1 is 0.953 bits per heavy atom. The summed E-state index contributed by atoms with van der Waals surface area (Å²) < 4.78 is 0. The molecule has 43 heavy (non-hydrogen) atoms. The predicted molar refractivity (Wildman–Crippen MR) is 171 cm³/mol. The quantitative estimate of drug-likeness (QED) is 0.122. The SMILES string of the molecule is NC(N)=NCCCC1NC(CNC(=O)c2ccc3ccccc3n2)CCN(CC(c2ccccc2)c2ccccc2)C1=O. The number of carbonyl (C=O) groups excluding carboxylic acids is 2. The van der Waals surface area contributed by atoms with Crippen molar-refractivity contribution in [1.82, 2.24) is 20.5 Å². The Labute approximate surface area is 252 Å². The zero-order chi connectivity index (χ0) is 30.0. The number of pyridine rings is 1. The third-order valence-corrected chi connectivity index (χ3v) is 7.89. The normalized spacial score (nSPS) is 17.0. The summed E-state index contributed by atoms with van der Waals surface area (Å²) in [5, 5.41) is 7.56. The van der Waals surface area contributed by atoms with E-state index in [9.17, 15) is 9.59 Å². The van der Waals surface area contributed by atoms with E-state index in [-0.39, 0.29) is 29.7 Å². The lowest BCUT2D eigenvalue weighted by atomic mass is 9.90. The van der Waals surface area contributed by atoms with E-state index in [1.54, 1.807) is 6.07 Å². The second-order valence-electron chi connectivity index (χ2n) is 10.9. The number of rotatable bonds is 11. The van der Waals surface area contributed by atoms with Crippen LogP contribution in [0, 0.1) is 0 Å². The van der Waals surface area contributed by atoms with Gasteiger partial charge in [-0.25, -0.2) is 4.98 Å². The van der Waals surface area contributed by atoms with Crippen LogP contribution in [0.5, 0.6) is 0 Å². The molecule has 1 aromatic heterocycles. The fourth-order valence-electron chi connectivity index (χ4n) is 5.63. The molecule has 3 aromatic carbocycles. The molecule has 0 spiro atoms. The first-order chi connectivity index (χ1) is 21.0. The number of hydrogen-bond acceptors (Lipinski definition) is 5. The van der Waals surface area contributed by atoms with Crippen molar-refractivity contribution in [3.63, 3.8) is 0 Å². The summed E-state index contributed by atoms with van der Waals surface area (Å²) in [5.41, 5.74) is 14.5. The minimum Gasteiger partial charge on any atom is -0.370 e. The number of aliphatic imine (C=N–C) groups is 1. The van der Waals surface area contributed by atoms with Crippen LogP contribution in [-0.2, 0) is 4.79 Å². The molecule has 0 radical (unpaired) electrons. The largest absolute Gasteiger partial charge is 0.370 e. The number of guanidine groups is 1. The molecule has 222 valence electrons. The Kier molecular flexibility index (Phi) is 9.97. The van der Waals surface area contributed by atoms with Gasteiger partial charge in [0.25, 0.3) is 5.91 Å². The minimum absolute atomic E-state index is 0.0314. The molecule has 2 amide bonds. The number of nitrogens with two attached hydrogens (primary N) is 2. The van der Waals surface area contributed by atoms with E-state index in [0.29, 0.717) is 51.1 Å². The minimum atomic E-state index is -0.426. The third-order valence-electron chi connectivity index (χ3n) is 7.89. The number of aromatic nitrogens is 1. The smallest absolute Gasteiger partial charge is 0.269 e. The van der Waals surface area contributed by atoms with Crippen molar-refractivity contribution < 1.29 is 9.59 Å². The number of amides is 2. The Hall–Kier alpha value is -4.76. The van der Waals surface area contributed by atoms with Gasteiger partial charge in [-0.2, -0.15) is 0 Å². The fraction of sp³-hybridized carbons (Fsp3) is 0.294. The molecule has 1 aliphatic rings. The molecule has 1 aliphatic heterocycles. The average molecular weight is 578 g/mol. The average Bonchev–Trinajstić information content (AvgIpc) is 3.19. The number of benzene rings is 3. The van der Waals surface area contributed by atoms with Crippen LogP contribution in [0.15, 0.2) is 102 Å². The number of fused-ring (bicyclic) bond motifs is 1. The van der Waals surface area contributed by atoms with E-state index in [1.807, 2.05) is 71.6 Å². The van der Waals surface area contributed by atoms with Crippen molar-refractivity contribution in [3.8, 4) is 0 Å². The molecule has 2 unspecified atom stereocenters. The summed E-state index contributed by atoms with van der Waals surface area (Å²) in [4.78, 5) is 37.6. The van der Waals surface area contributed by atoms with Gasteiger partial charge >= 0.3 is 0 Å². The maximum Gasteiger partial charge on any atom is 0.269 e. The van der Waals surface area contributed by atoms with Gasteiger partial charge in [0.15, 0.2) is 5.96 Å². The summed E-state index contributed by atoms with van der Waals surface area (Å²) in [6.45, 7) is 1.94. The van der Waals surface area contributed by atoms with Crippen LogP contribution < -0.4 is 22.1 Å². The maximum atomic E-state index is 14.0. The highest BCUT2D eigenvalue weighted by Gasteiger charge is 2.32. The molecule has 9 heteroatoms. The lowest BCUT2D eigenvalue weighted by Crippen LogP contribution is -2.49. The predicted octanol–water partition coefficient (Wildman–Crippen LogP) is 3.41. The van der Waals surface area contributed by atoms with Gasteiger partial charge in [-0.05, 0) is 42.5 Å². The molecule has 0 saturated carbocycles. The summed E-state index contributed by atoms with van der Waals surface area (Å²) in [6.07, 6.45) is 1.91. The highest BCUT2D eigenvalue weighted by Crippen LogP contribution is 2.27. The third kappa shape index (κ3) is 7.96. The van der Waals surface area contributed by atoms with Gasteiger partial charge in [-0.1, -0.05) is 84.9 Å². The van der Waals surface area contributed by atoms with E-state index in [1.165, 1.54) is 0 Å². The van der Waals surface area contributed by atoms with E-state index in [0.717, 1.165) is 22.0 Å². The van der Waals surface area contributed by atoms with Crippen molar-refractivity contribution in [1.29, 1.82) is 0 Å². The molecule has 0 bridgehead atoms. The van der Waals surface area contributed by atoms with Crippen molar-refractivity contribution in [2.24, 2.45) is 16.5 Å². The Bertz CT molecular complexity index is 1500. The Balaban J connectivity index is 1.31. The molecule has 0 aliphatic carbocycles. The molecule has 9 nitrogen and oxygen atoms in total.